The summed E-state index contributed by atoms with van der Waals surface area (Å²) in [6, 6.07) is 13.6. The van der Waals surface area contributed by atoms with Crippen molar-refractivity contribution in [2.75, 3.05) is 0 Å². The standard InChI is InChI=1S/C19H19N3O2/c1-2-5-14-11-16(10-13(14)4-1)22(15-7-8-15)12-18-20-21-19(24-18)17-6-3-9-23-17/h1-6,9,15-16H,7-8,10-12H2. The van der Waals surface area contributed by atoms with E-state index in [1.54, 1.807) is 6.26 Å². The van der Waals surface area contributed by atoms with Crippen molar-refractivity contribution in [3.63, 3.8) is 0 Å². The summed E-state index contributed by atoms with van der Waals surface area (Å²) in [4.78, 5) is 2.55. The molecule has 5 rings (SSSR count). The maximum Gasteiger partial charge on any atom is 0.283 e. The maximum atomic E-state index is 5.82. The van der Waals surface area contributed by atoms with Gasteiger partial charge in [-0.25, -0.2) is 0 Å². The van der Waals surface area contributed by atoms with Gasteiger partial charge in [-0.05, 0) is 48.9 Å². The minimum absolute atomic E-state index is 0.459. The second kappa shape index (κ2) is 5.60. The van der Waals surface area contributed by atoms with E-state index in [0.29, 0.717) is 29.6 Å². The second-order valence-electron chi connectivity index (χ2n) is 6.71. The SMILES string of the molecule is c1coc(-c2nnc(CN(C3CC3)C3Cc4ccccc4C3)o2)c1. The minimum atomic E-state index is 0.459. The van der Waals surface area contributed by atoms with Gasteiger partial charge in [-0.2, -0.15) is 0 Å². The quantitative estimate of drug-likeness (QED) is 0.720. The van der Waals surface area contributed by atoms with E-state index in [0.717, 1.165) is 19.4 Å². The molecule has 0 amide bonds. The summed E-state index contributed by atoms with van der Waals surface area (Å²) in [5.74, 6) is 1.75. The predicted octanol–water partition coefficient (Wildman–Crippen LogP) is 3.46. The lowest BCUT2D eigenvalue weighted by atomic mass is 10.1. The molecule has 24 heavy (non-hydrogen) atoms. The molecule has 0 saturated heterocycles. The molecule has 2 aliphatic carbocycles. The molecular weight excluding hydrogens is 302 g/mol. The van der Waals surface area contributed by atoms with E-state index >= 15 is 0 Å². The molecule has 3 aromatic rings. The van der Waals surface area contributed by atoms with Crippen molar-refractivity contribution >= 4 is 0 Å². The van der Waals surface area contributed by atoms with Gasteiger partial charge in [-0.1, -0.05) is 24.3 Å². The van der Waals surface area contributed by atoms with Gasteiger partial charge < -0.3 is 8.83 Å². The second-order valence-corrected chi connectivity index (χ2v) is 6.71. The van der Waals surface area contributed by atoms with Crippen LogP contribution in [0.25, 0.3) is 11.7 Å². The van der Waals surface area contributed by atoms with Gasteiger partial charge in [0.2, 0.25) is 5.89 Å². The van der Waals surface area contributed by atoms with Gasteiger partial charge in [0.1, 0.15) is 0 Å². The topological polar surface area (TPSA) is 55.3 Å². The first-order valence-corrected chi connectivity index (χ1v) is 8.55. The Kier molecular flexibility index (Phi) is 3.26. The largest absolute Gasteiger partial charge is 0.459 e. The van der Waals surface area contributed by atoms with Gasteiger partial charge in [0, 0.05) is 12.1 Å². The third kappa shape index (κ3) is 2.55. The monoisotopic (exact) mass is 321 g/mol. The first kappa shape index (κ1) is 14.0. The van der Waals surface area contributed by atoms with Crippen molar-refractivity contribution in [3.8, 4) is 11.7 Å². The van der Waals surface area contributed by atoms with Crippen LogP contribution in [-0.2, 0) is 19.4 Å². The summed E-state index contributed by atoms with van der Waals surface area (Å²) >= 11 is 0. The molecule has 5 nitrogen and oxygen atoms in total. The fourth-order valence-electron chi connectivity index (χ4n) is 3.71. The highest BCUT2D eigenvalue weighted by Gasteiger charge is 2.37. The van der Waals surface area contributed by atoms with Crippen molar-refractivity contribution in [1.82, 2.24) is 15.1 Å². The van der Waals surface area contributed by atoms with Crippen molar-refractivity contribution in [2.24, 2.45) is 0 Å². The molecule has 0 bridgehead atoms. The van der Waals surface area contributed by atoms with Crippen molar-refractivity contribution in [3.05, 3.63) is 59.7 Å². The molecule has 1 fully saturated rings. The summed E-state index contributed by atoms with van der Waals surface area (Å²) in [5.41, 5.74) is 2.96. The van der Waals surface area contributed by atoms with E-state index in [-0.39, 0.29) is 0 Å². The van der Waals surface area contributed by atoms with Crippen LogP contribution in [0, 0.1) is 0 Å². The number of aromatic nitrogens is 2. The summed E-state index contributed by atoms with van der Waals surface area (Å²) in [6.07, 6.45) is 6.39. The van der Waals surface area contributed by atoms with Crippen LogP contribution in [-0.4, -0.2) is 27.2 Å². The molecule has 1 saturated carbocycles. The predicted molar refractivity (Wildman–Crippen MR) is 88.2 cm³/mol. The molecule has 2 aliphatic rings. The average molecular weight is 321 g/mol. The van der Waals surface area contributed by atoms with Crippen LogP contribution in [0.3, 0.4) is 0 Å². The third-order valence-corrected chi connectivity index (χ3v) is 5.03. The molecular formula is C19H19N3O2. The average Bonchev–Trinajstić information content (AvgIpc) is 3.05. The normalized spacial score (nSPS) is 17.5. The number of benzene rings is 1. The molecule has 0 spiro atoms. The Labute approximate surface area is 140 Å². The van der Waals surface area contributed by atoms with E-state index in [1.807, 2.05) is 12.1 Å². The van der Waals surface area contributed by atoms with Crippen molar-refractivity contribution in [1.29, 1.82) is 0 Å². The van der Waals surface area contributed by atoms with E-state index in [9.17, 15) is 0 Å². The molecule has 5 heteroatoms. The van der Waals surface area contributed by atoms with Gasteiger partial charge in [0.05, 0.1) is 12.8 Å². The van der Waals surface area contributed by atoms with E-state index in [2.05, 4.69) is 39.4 Å². The Bertz CT molecular complexity index is 811. The van der Waals surface area contributed by atoms with Gasteiger partial charge in [-0.15, -0.1) is 10.2 Å². The van der Waals surface area contributed by atoms with Crippen LogP contribution >= 0.6 is 0 Å². The van der Waals surface area contributed by atoms with Crippen LogP contribution in [0.1, 0.15) is 29.9 Å². The number of rotatable bonds is 5. The Morgan fingerprint density at radius 1 is 0.958 bits per heavy atom. The first-order chi connectivity index (χ1) is 11.9. The van der Waals surface area contributed by atoms with Crippen LogP contribution in [0.15, 0.2) is 51.5 Å². The number of nitrogens with zero attached hydrogens (tertiary/aromatic N) is 3. The summed E-state index contributed by atoms with van der Waals surface area (Å²) in [6.45, 7) is 0.719. The smallest absolute Gasteiger partial charge is 0.283 e. The van der Waals surface area contributed by atoms with E-state index in [4.69, 9.17) is 8.83 Å². The lowest BCUT2D eigenvalue weighted by molar-refractivity contribution is 0.165. The Morgan fingerprint density at radius 2 is 1.75 bits per heavy atom. The number of hydrogen-bond acceptors (Lipinski definition) is 5. The molecule has 2 heterocycles. The Morgan fingerprint density at radius 3 is 2.42 bits per heavy atom. The Balaban J connectivity index is 1.35. The van der Waals surface area contributed by atoms with Crippen LogP contribution in [0.4, 0.5) is 0 Å². The van der Waals surface area contributed by atoms with E-state index in [1.165, 1.54) is 24.0 Å². The highest BCUT2D eigenvalue weighted by molar-refractivity contribution is 5.42. The molecule has 1 aromatic carbocycles. The Hall–Kier alpha value is -2.40. The fraction of sp³-hybridized carbons (Fsp3) is 0.368. The third-order valence-electron chi connectivity index (χ3n) is 5.03. The van der Waals surface area contributed by atoms with E-state index < -0.39 is 0 Å². The lowest BCUT2D eigenvalue weighted by Crippen LogP contribution is -2.37. The number of hydrogen-bond donors (Lipinski definition) is 0. The molecule has 122 valence electrons. The van der Waals surface area contributed by atoms with Gasteiger partial charge in [0.15, 0.2) is 5.76 Å². The fourth-order valence-corrected chi connectivity index (χ4v) is 3.71. The molecule has 0 radical (unpaired) electrons. The summed E-state index contributed by atoms with van der Waals surface area (Å²) < 4.78 is 11.1. The molecule has 2 aromatic heterocycles. The highest BCUT2D eigenvalue weighted by atomic mass is 16.4. The van der Waals surface area contributed by atoms with Crippen molar-refractivity contribution < 1.29 is 8.83 Å². The van der Waals surface area contributed by atoms with Crippen LogP contribution < -0.4 is 0 Å². The summed E-state index contributed by atoms with van der Waals surface area (Å²) in [5, 5.41) is 8.34. The van der Waals surface area contributed by atoms with Gasteiger partial charge in [-0.3, -0.25) is 4.90 Å². The number of furan rings is 1. The lowest BCUT2D eigenvalue weighted by Gasteiger charge is -2.27. The molecule has 0 N–H and O–H groups in total. The zero-order valence-electron chi connectivity index (χ0n) is 13.4. The summed E-state index contributed by atoms with van der Waals surface area (Å²) in [7, 11) is 0. The maximum absolute atomic E-state index is 5.82. The molecule has 0 aliphatic heterocycles. The van der Waals surface area contributed by atoms with Gasteiger partial charge in [0.25, 0.3) is 5.89 Å². The zero-order valence-corrected chi connectivity index (χ0v) is 13.4. The molecule has 0 atom stereocenters. The molecule has 0 unspecified atom stereocenters. The minimum Gasteiger partial charge on any atom is -0.459 e. The number of fused-ring (bicyclic) bond motifs is 1. The first-order valence-electron chi connectivity index (χ1n) is 8.55. The zero-order chi connectivity index (χ0) is 15.9. The van der Waals surface area contributed by atoms with Crippen molar-refractivity contribution in [2.45, 2.75) is 44.3 Å². The highest BCUT2D eigenvalue weighted by Crippen LogP contribution is 2.35. The van der Waals surface area contributed by atoms with Gasteiger partial charge >= 0.3 is 0 Å². The van der Waals surface area contributed by atoms with Crippen LogP contribution in [0.2, 0.25) is 0 Å². The van der Waals surface area contributed by atoms with Crippen LogP contribution in [0.5, 0.6) is 0 Å².